The minimum absolute atomic E-state index is 0.141. The van der Waals surface area contributed by atoms with E-state index in [0.717, 1.165) is 15.5 Å². The first-order valence-corrected chi connectivity index (χ1v) is 12.3. The van der Waals surface area contributed by atoms with E-state index in [1.165, 1.54) is 11.3 Å². The third-order valence-electron chi connectivity index (χ3n) is 6.07. The summed E-state index contributed by atoms with van der Waals surface area (Å²) in [5, 5.41) is 3.32. The van der Waals surface area contributed by atoms with Crippen LogP contribution in [0.3, 0.4) is 0 Å². The Morgan fingerprint density at radius 3 is 2.31 bits per heavy atom. The van der Waals surface area contributed by atoms with Crippen LogP contribution >= 0.6 is 11.3 Å². The molecule has 0 fully saturated rings. The van der Waals surface area contributed by atoms with Gasteiger partial charge in [-0.25, -0.2) is 9.88 Å². The van der Waals surface area contributed by atoms with E-state index in [1.54, 1.807) is 48.5 Å². The summed E-state index contributed by atoms with van der Waals surface area (Å²) in [5.74, 6) is -0.640. The molecule has 0 unspecified atom stereocenters. The molecule has 178 valence electrons. The third-order valence-corrected chi connectivity index (χ3v) is 7.07. The van der Waals surface area contributed by atoms with Crippen molar-refractivity contribution in [2.75, 3.05) is 16.8 Å². The van der Waals surface area contributed by atoms with E-state index in [-0.39, 0.29) is 23.6 Å². The van der Waals surface area contributed by atoms with Gasteiger partial charge in [-0.15, -0.1) is 0 Å². The number of imide groups is 1. The van der Waals surface area contributed by atoms with Crippen LogP contribution in [0.4, 0.5) is 10.8 Å². The number of rotatable bonds is 5. The van der Waals surface area contributed by atoms with Gasteiger partial charge in [-0.05, 0) is 42.3 Å². The van der Waals surface area contributed by atoms with Gasteiger partial charge in [0, 0.05) is 29.8 Å². The SMILES string of the molecule is CC(C)CC(=O)N1CCc2nc(NC(=O)c3ccc(N4C(=O)c5ccccc5C4=O)cc3)sc2C1. The van der Waals surface area contributed by atoms with Gasteiger partial charge in [0.15, 0.2) is 5.13 Å². The second-order valence-electron chi connectivity index (χ2n) is 9.04. The van der Waals surface area contributed by atoms with E-state index >= 15 is 0 Å². The molecule has 3 aromatic rings. The zero-order valence-electron chi connectivity index (χ0n) is 19.4. The number of hydrogen-bond acceptors (Lipinski definition) is 6. The fraction of sp³-hybridized carbons (Fsp3) is 0.269. The maximum atomic E-state index is 12.8. The summed E-state index contributed by atoms with van der Waals surface area (Å²) in [4.78, 5) is 59.1. The van der Waals surface area contributed by atoms with E-state index in [1.807, 2.05) is 18.7 Å². The molecule has 0 radical (unpaired) electrons. The molecule has 0 aliphatic carbocycles. The zero-order valence-corrected chi connectivity index (χ0v) is 20.2. The number of carbonyl (C=O) groups excluding carboxylic acids is 4. The van der Waals surface area contributed by atoms with Crippen molar-refractivity contribution in [3.8, 4) is 0 Å². The van der Waals surface area contributed by atoms with Crippen molar-refractivity contribution in [1.82, 2.24) is 9.88 Å². The highest BCUT2D eigenvalue weighted by molar-refractivity contribution is 7.15. The van der Waals surface area contributed by atoms with Crippen molar-refractivity contribution in [1.29, 1.82) is 0 Å². The zero-order chi connectivity index (χ0) is 24.7. The molecule has 0 atom stereocenters. The van der Waals surface area contributed by atoms with Crippen molar-refractivity contribution in [2.24, 2.45) is 5.92 Å². The summed E-state index contributed by atoms with van der Waals surface area (Å²) in [5.41, 5.74) is 2.45. The van der Waals surface area contributed by atoms with E-state index in [4.69, 9.17) is 0 Å². The molecule has 5 rings (SSSR count). The van der Waals surface area contributed by atoms with Crippen LogP contribution in [-0.2, 0) is 17.8 Å². The van der Waals surface area contributed by atoms with Crippen molar-refractivity contribution < 1.29 is 19.2 Å². The number of hydrogen-bond donors (Lipinski definition) is 1. The van der Waals surface area contributed by atoms with Gasteiger partial charge in [0.2, 0.25) is 5.91 Å². The number of thiazole rings is 1. The monoisotopic (exact) mass is 488 g/mol. The van der Waals surface area contributed by atoms with Gasteiger partial charge in [-0.1, -0.05) is 37.3 Å². The molecule has 9 heteroatoms. The minimum atomic E-state index is -0.378. The molecule has 1 N–H and O–H groups in total. The first kappa shape index (κ1) is 22.9. The van der Waals surface area contributed by atoms with Crippen molar-refractivity contribution in [3.05, 3.63) is 75.8 Å². The summed E-state index contributed by atoms with van der Waals surface area (Å²) < 4.78 is 0. The van der Waals surface area contributed by atoms with Gasteiger partial charge >= 0.3 is 0 Å². The number of nitrogens with zero attached hydrogens (tertiary/aromatic N) is 3. The summed E-state index contributed by atoms with van der Waals surface area (Å²) in [6, 6.07) is 13.0. The lowest BCUT2D eigenvalue weighted by Crippen LogP contribution is -2.36. The van der Waals surface area contributed by atoms with Gasteiger partial charge in [0.1, 0.15) is 0 Å². The molecule has 8 nitrogen and oxygen atoms in total. The largest absolute Gasteiger partial charge is 0.337 e. The number of amides is 4. The Hall–Kier alpha value is -3.85. The lowest BCUT2D eigenvalue weighted by Gasteiger charge is -2.26. The number of fused-ring (bicyclic) bond motifs is 2. The highest BCUT2D eigenvalue weighted by atomic mass is 32.1. The Labute approximate surface area is 206 Å². The van der Waals surface area contributed by atoms with Crippen LogP contribution in [0.1, 0.15) is 61.9 Å². The van der Waals surface area contributed by atoms with Gasteiger partial charge in [0.25, 0.3) is 17.7 Å². The Kier molecular flexibility index (Phi) is 5.94. The lowest BCUT2D eigenvalue weighted by molar-refractivity contribution is -0.132. The second-order valence-corrected chi connectivity index (χ2v) is 10.1. The van der Waals surface area contributed by atoms with Crippen LogP contribution in [0.15, 0.2) is 48.5 Å². The molecule has 0 saturated heterocycles. The molecule has 2 aliphatic rings. The smallest absolute Gasteiger partial charge is 0.266 e. The van der Waals surface area contributed by atoms with Gasteiger partial charge < -0.3 is 4.90 Å². The third kappa shape index (κ3) is 4.35. The van der Waals surface area contributed by atoms with Gasteiger partial charge in [-0.3, -0.25) is 24.5 Å². The van der Waals surface area contributed by atoms with Crippen LogP contribution in [0.2, 0.25) is 0 Å². The molecule has 1 aromatic heterocycles. The highest BCUT2D eigenvalue weighted by Gasteiger charge is 2.36. The number of anilines is 2. The standard InChI is InChI=1S/C26H24N4O4S/c1-15(2)13-22(31)29-12-11-20-21(14-29)35-26(27-20)28-23(32)16-7-9-17(10-8-16)30-24(33)18-5-3-4-6-19(18)25(30)34/h3-10,15H,11-14H2,1-2H3,(H,27,28,32). The number of nitrogens with one attached hydrogen (secondary N) is 1. The summed E-state index contributed by atoms with van der Waals surface area (Å²) in [6.45, 7) is 5.21. The maximum Gasteiger partial charge on any atom is 0.266 e. The summed E-state index contributed by atoms with van der Waals surface area (Å²) in [7, 11) is 0. The molecule has 0 saturated carbocycles. The summed E-state index contributed by atoms with van der Waals surface area (Å²) >= 11 is 1.38. The van der Waals surface area contributed by atoms with Gasteiger partial charge in [-0.2, -0.15) is 0 Å². The van der Waals surface area contributed by atoms with E-state index < -0.39 is 0 Å². The first-order valence-electron chi connectivity index (χ1n) is 11.5. The number of carbonyl (C=O) groups is 4. The second kappa shape index (κ2) is 9.07. The van der Waals surface area contributed by atoms with E-state index in [9.17, 15) is 19.2 Å². The van der Waals surface area contributed by atoms with Gasteiger partial charge in [0.05, 0.1) is 29.1 Å². The predicted octanol–water partition coefficient (Wildman–Crippen LogP) is 4.13. The normalized spacial score (nSPS) is 14.8. The quantitative estimate of drug-likeness (QED) is 0.545. The van der Waals surface area contributed by atoms with E-state index in [0.29, 0.717) is 59.4 Å². The minimum Gasteiger partial charge on any atom is -0.337 e. The average molecular weight is 489 g/mol. The Morgan fingerprint density at radius 1 is 1.03 bits per heavy atom. The topological polar surface area (TPSA) is 99.7 Å². The Morgan fingerprint density at radius 2 is 1.69 bits per heavy atom. The van der Waals surface area contributed by atoms with E-state index in [2.05, 4.69) is 10.3 Å². The molecule has 0 spiro atoms. The molecule has 35 heavy (non-hydrogen) atoms. The number of aromatic nitrogens is 1. The molecular formula is C26H24N4O4S. The first-order chi connectivity index (χ1) is 16.8. The molecule has 3 heterocycles. The molecule has 0 bridgehead atoms. The van der Waals surface area contributed by atoms with Crippen LogP contribution in [0.25, 0.3) is 0 Å². The average Bonchev–Trinajstić information content (AvgIpc) is 3.36. The van der Waals surface area contributed by atoms with Crippen LogP contribution < -0.4 is 10.2 Å². The van der Waals surface area contributed by atoms with Crippen LogP contribution in [0.5, 0.6) is 0 Å². The maximum absolute atomic E-state index is 12.8. The molecular weight excluding hydrogens is 464 g/mol. The van der Waals surface area contributed by atoms with Crippen LogP contribution in [0, 0.1) is 5.92 Å². The van der Waals surface area contributed by atoms with Crippen molar-refractivity contribution in [3.63, 3.8) is 0 Å². The summed E-state index contributed by atoms with van der Waals surface area (Å²) in [6.07, 6.45) is 1.19. The molecule has 2 aliphatic heterocycles. The molecule has 4 amide bonds. The Balaban J connectivity index is 1.26. The van der Waals surface area contributed by atoms with Crippen molar-refractivity contribution in [2.45, 2.75) is 33.2 Å². The fourth-order valence-corrected chi connectivity index (χ4v) is 5.31. The van der Waals surface area contributed by atoms with Crippen LogP contribution in [-0.4, -0.2) is 40.1 Å². The Bertz CT molecular complexity index is 1310. The number of benzene rings is 2. The predicted molar refractivity (Wildman–Crippen MR) is 133 cm³/mol. The molecule has 2 aromatic carbocycles. The van der Waals surface area contributed by atoms with Crippen molar-refractivity contribution >= 4 is 45.8 Å². The highest BCUT2D eigenvalue weighted by Crippen LogP contribution is 2.30. The lowest BCUT2D eigenvalue weighted by atomic mass is 10.1. The fourth-order valence-electron chi connectivity index (χ4n) is 4.30.